The quantitative estimate of drug-likeness (QED) is 0.768. The molecule has 0 aliphatic carbocycles. The molecule has 0 radical (unpaired) electrons. The van der Waals surface area contributed by atoms with Gasteiger partial charge in [0.15, 0.2) is 0 Å². The van der Waals surface area contributed by atoms with Gasteiger partial charge in [0.25, 0.3) is 0 Å². The van der Waals surface area contributed by atoms with Crippen molar-refractivity contribution in [1.29, 1.82) is 0 Å². The lowest BCUT2D eigenvalue weighted by molar-refractivity contribution is 0.205. The summed E-state index contributed by atoms with van der Waals surface area (Å²) < 4.78 is 5.14. The Morgan fingerprint density at radius 3 is 3.06 bits per heavy atom. The van der Waals surface area contributed by atoms with Gasteiger partial charge < -0.3 is 9.64 Å². The minimum absolute atomic E-state index is 0.697. The van der Waals surface area contributed by atoms with Gasteiger partial charge in [-0.25, -0.2) is 9.97 Å². The summed E-state index contributed by atoms with van der Waals surface area (Å²) in [4.78, 5) is 11.9. The minimum Gasteiger partial charge on any atom is -0.383 e. The first-order valence-electron chi connectivity index (χ1n) is 5.35. The Labute approximate surface area is 113 Å². The van der Waals surface area contributed by atoms with Gasteiger partial charge >= 0.3 is 0 Å². The summed E-state index contributed by atoms with van der Waals surface area (Å²) in [6.07, 6.45) is 1.63. The number of fused-ring (bicyclic) bond motifs is 1. The Hall–Kier alpha value is -0.720. The molecule has 0 aliphatic rings. The zero-order valence-electron chi connectivity index (χ0n) is 9.60. The minimum atomic E-state index is 0.697. The monoisotopic (exact) mass is 315 g/mol. The summed E-state index contributed by atoms with van der Waals surface area (Å²) in [7, 11) is 1.71. The molecule has 0 aliphatic heterocycles. The molecule has 2 aromatic rings. The molecule has 0 atom stereocenters. The molecule has 92 valence electrons. The van der Waals surface area contributed by atoms with E-state index in [1.54, 1.807) is 24.8 Å². The number of thiophene rings is 1. The SMILES string of the molecule is COCCN(CCBr)c1ncnc2sccc12. The maximum absolute atomic E-state index is 5.14. The number of hydrogen-bond donors (Lipinski definition) is 0. The fourth-order valence-electron chi connectivity index (χ4n) is 1.66. The molecular formula is C11H14BrN3OS. The molecule has 0 bridgehead atoms. The Morgan fingerprint density at radius 1 is 1.41 bits per heavy atom. The highest BCUT2D eigenvalue weighted by molar-refractivity contribution is 9.09. The molecule has 0 amide bonds. The highest BCUT2D eigenvalue weighted by Crippen LogP contribution is 2.26. The van der Waals surface area contributed by atoms with Crippen molar-refractivity contribution in [3.8, 4) is 0 Å². The number of ether oxygens (including phenoxy) is 1. The Morgan fingerprint density at radius 2 is 2.29 bits per heavy atom. The summed E-state index contributed by atoms with van der Waals surface area (Å²) in [6, 6.07) is 2.07. The standard InChI is InChI=1S/C11H14BrN3OS/c1-16-6-5-15(4-3-12)10-9-2-7-17-11(9)14-8-13-10/h2,7-8H,3-6H2,1H3. The number of rotatable bonds is 6. The van der Waals surface area contributed by atoms with Crippen molar-refractivity contribution in [3.05, 3.63) is 17.8 Å². The second kappa shape index (κ2) is 6.28. The maximum Gasteiger partial charge on any atom is 0.140 e. The van der Waals surface area contributed by atoms with Crippen LogP contribution in [0.25, 0.3) is 10.2 Å². The molecule has 17 heavy (non-hydrogen) atoms. The Balaban J connectivity index is 2.30. The van der Waals surface area contributed by atoms with Crippen molar-refractivity contribution in [1.82, 2.24) is 9.97 Å². The van der Waals surface area contributed by atoms with Gasteiger partial charge in [0.1, 0.15) is 17.0 Å². The Bertz CT molecular complexity index is 476. The van der Waals surface area contributed by atoms with Gasteiger partial charge in [0.2, 0.25) is 0 Å². The van der Waals surface area contributed by atoms with E-state index in [4.69, 9.17) is 4.74 Å². The largest absolute Gasteiger partial charge is 0.383 e. The van der Waals surface area contributed by atoms with Gasteiger partial charge in [0.05, 0.1) is 12.0 Å². The van der Waals surface area contributed by atoms with Gasteiger partial charge in [-0.05, 0) is 11.4 Å². The van der Waals surface area contributed by atoms with Crippen LogP contribution in [0, 0.1) is 0 Å². The van der Waals surface area contributed by atoms with Gasteiger partial charge in [-0.15, -0.1) is 11.3 Å². The summed E-state index contributed by atoms with van der Waals surface area (Å²) in [5.74, 6) is 0.993. The molecule has 0 unspecified atom stereocenters. The van der Waals surface area contributed by atoms with Crippen LogP contribution in [0.2, 0.25) is 0 Å². The van der Waals surface area contributed by atoms with Gasteiger partial charge in [-0.2, -0.15) is 0 Å². The topological polar surface area (TPSA) is 38.2 Å². The molecule has 0 spiro atoms. The molecule has 2 heterocycles. The van der Waals surface area contributed by atoms with Crippen LogP contribution < -0.4 is 4.90 Å². The van der Waals surface area contributed by atoms with E-state index < -0.39 is 0 Å². The van der Waals surface area contributed by atoms with Crippen molar-refractivity contribution in [2.75, 3.05) is 37.0 Å². The molecule has 2 aromatic heterocycles. The third-order valence-corrected chi connectivity index (χ3v) is 3.64. The smallest absolute Gasteiger partial charge is 0.140 e. The van der Waals surface area contributed by atoms with E-state index in [-0.39, 0.29) is 0 Å². The molecule has 6 heteroatoms. The number of halogens is 1. The van der Waals surface area contributed by atoms with Crippen LogP contribution in [0.4, 0.5) is 5.82 Å². The second-order valence-corrected chi connectivity index (χ2v) is 5.19. The first-order valence-corrected chi connectivity index (χ1v) is 7.35. The molecule has 0 fully saturated rings. The third-order valence-electron chi connectivity index (χ3n) is 2.46. The molecule has 4 nitrogen and oxygen atoms in total. The number of methoxy groups -OCH3 is 1. The average Bonchev–Trinajstić information content (AvgIpc) is 2.82. The van der Waals surface area contributed by atoms with Crippen LogP contribution in [0.5, 0.6) is 0 Å². The molecular weight excluding hydrogens is 302 g/mol. The first-order chi connectivity index (χ1) is 8.36. The zero-order chi connectivity index (χ0) is 12.1. The fourth-order valence-corrected chi connectivity index (χ4v) is 2.81. The lowest BCUT2D eigenvalue weighted by atomic mass is 10.3. The van der Waals surface area contributed by atoms with E-state index in [1.165, 1.54) is 0 Å². The van der Waals surface area contributed by atoms with Crippen LogP contribution in [0.3, 0.4) is 0 Å². The lowest BCUT2D eigenvalue weighted by Gasteiger charge is -2.22. The van der Waals surface area contributed by atoms with E-state index in [9.17, 15) is 0 Å². The highest BCUT2D eigenvalue weighted by atomic mass is 79.9. The van der Waals surface area contributed by atoms with Crippen LogP contribution in [-0.2, 0) is 4.74 Å². The van der Waals surface area contributed by atoms with Crippen LogP contribution in [0.15, 0.2) is 17.8 Å². The number of nitrogens with zero attached hydrogens (tertiary/aromatic N) is 3. The highest BCUT2D eigenvalue weighted by Gasteiger charge is 2.12. The van der Waals surface area contributed by atoms with Crippen molar-refractivity contribution < 1.29 is 4.74 Å². The summed E-state index contributed by atoms with van der Waals surface area (Å²) in [5.41, 5.74) is 0. The van der Waals surface area contributed by atoms with Crippen LogP contribution in [0.1, 0.15) is 0 Å². The second-order valence-electron chi connectivity index (χ2n) is 3.51. The first kappa shape index (κ1) is 12.7. The average molecular weight is 316 g/mol. The maximum atomic E-state index is 5.14. The zero-order valence-corrected chi connectivity index (χ0v) is 12.0. The molecule has 0 N–H and O–H groups in total. The fraction of sp³-hybridized carbons (Fsp3) is 0.455. The number of anilines is 1. The molecule has 0 saturated heterocycles. The summed E-state index contributed by atoms with van der Waals surface area (Å²) in [6.45, 7) is 2.44. The van der Waals surface area contributed by atoms with Crippen LogP contribution in [-0.4, -0.2) is 42.1 Å². The van der Waals surface area contributed by atoms with E-state index in [2.05, 4.69) is 36.9 Å². The predicted molar refractivity (Wildman–Crippen MR) is 75.3 cm³/mol. The molecule has 2 rings (SSSR count). The molecule has 0 aromatic carbocycles. The van der Waals surface area contributed by atoms with E-state index >= 15 is 0 Å². The summed E-state index contributed by atoms with van der Waals surface area (Å²) >= 11 is 5.11. The van der Waals surface area contributed by atoms with Crippen molar-refractivity contribution >= 4 is 43.3 Å². The predicted octanol–water partition coefficient (Wildman–Crippen LogP) is 2.54. The lowest BCUT2D eigenvalue weighted by Crippen LogP contribution is -2.30. The van der Waals surface area contributed by atoms with E-state index in [1.807, 2.05) is 5.38 Å². The normalized spacial score (nSPS) is 10.9. The van der Waals surface area contributed by atoms with E-state index in [0.717, 1.165) is 34.5 Å². The van der Waals surface area contributed by atoms with Gasteiger partial charge in [-0.3, -0.25) is 0 Å². The molecule has 0 saturated carbocycles. The van der Waals surface area contributed by atoms with Gasteiger partial charge in [-0.1, -0.05) is 15.9 Å². The summed E-state index contributed by atoms with van der Waals surface area (Å²) in [5, 5.41) is 4.08. The number of hydrogen-bond acceptors (Lipinski definition) is 5. The van der Waals surface area contributed by atoms with Crippen molar-refractivity contribution in [2.45, 2.75) is 0 Å². The van der Waals surface area contributed by atoms with Crippen molar-refractivity contribution in [2.24, 2.45) is 0 Å². The van der Waals surface area contributed by atoms with Crippen molar-refractivity contribution in [3.63, 3.8) is 0 Å². The number of aromatic nitrogens is 2. The van der Waals surface area contributed by atoms with Gasteiger partial charge in [0, 0.05) is 25.5 Å². The van der Waals surface area contributed by atoms with E-state index in [0.29, 0.717) is 6.61 Å². The third kappa shape index (κ3) is 2.94. The Kier molecular flexibility index (Phi) is 4.70. The van der Waals surface area contributed by atoms with Crippen LogP contribution >= 0.6 is 27.3 Å². The number of alkyl halides is 1.